The Hall–Kier alpha value is -2.42. The highest BCUT2D eigenvalue weighted by molar-refractivity contribution is 6.31. The molecule has 0 aliphatic carbocycles. The number of halogens is 4. The first-order valence-electron chi connectivity index (χ1n) is 8.05. The quantitative estimate of drug-likeness (QED) is 0.765. The third-order valence-corrected chi connectivity index (χ3v) is 4.46. The zero-order valence-corrected chi connectivity index (χ0v) is 15.4. The number of alkyl halides is 3. The summed E-state index contributed by atoms with van der Waals surface area (Å²) in [6.45, 7) is 4.63. The zero-order valence-electron chi connectivity index (χ0n) is 14.6. The minimum absolute atomic E-state index is 0.0167. The van der Waals surface area contributed by atoms with E-state index >= 15 is 0 Å². The lowest BCUT2D eigenvalue weighted by molar-refractivity contribution is -0.137. The van der Waals surface area contributed by atoms with E-state index in [0.717, 1.165) is 12.1 Å². The molecule has 0 saturated carbocycles. The van der Waals surface area contributed by atoms with Crippen molar-refractivity contribution in [2.24, 2.45) is 0 Å². The summed E-state index contributed by atoms with van der Waals surface area (Å²) >= 11 is 5.66. The fourth-order valence-electron chi connectivity index (χ4n) is 2.67. The van der Waals surface area contributed by atoms with Gasteiger partial charge in [-0.25, -0.2) is 0 Å². The van der Waals surface area contributed by atoms with Gasteiger partial charge in [0.25, 0.3) is 0 Å². The van der Waals surface area contributed by atoms with Crippen LogP contribution in [0.1, 0.15) is 5.56 Å². The van der Waals surface area contributed by atoms with Gasteiger partial charge in [-0.2, -0.15) is 13.2 Å². The molecule has 27 heavy (non-hydrogen) atoms. The second-order valence-corrected chi connectivity index (χ2v) is 6.20. The number of nitrogens with zero attached hydrogens (tertiary/aromatic N) is 2. The van der Waals surface area contributed by atoms with Crippen molar-refractivity contribution in [1.82, 2.24) is 9.80 Å². The predicted octanol–water partition coefficient (Wildman–Crippen LogP) is 2.64. The average molecular weight is 406 g/mol. The van der Waals surface area contributed by atoms with Gasteiger partial charge in [-0.3, -0.25) is 9.59 Å². The number of ether oxygens (including phenoxy) is 1. The molecule has 2 rings (SSSR count). The van der Waals surface area contributed by atoms with Crippen LogP contribution in [0, 0.1) is 0 Å². The van der Waals surface area contributed by atoms with Gasteiger partial charge < -0.3 is 19.9 Å². The smallest absolute Gasteiger partial charge is 0.417 e. The van der Waals surface area contributed by atoms with Gasteiger partial charge in [0.05, 0.1) is 29.9 Å². The molecule has 1 N–H and O–H groups in total. The van der Waals surface area contributed by atoms with E-state index < -0.39 is 16.8 Å². The Kier molecular flexibility index (Phi) is 6.59. The van der Waals surface area contributed by atoms with Gasteiger partial charge >= 0.3 is 6.18 Å². The van der Waals surface area contributed by atoms with E-state index in [1.165, 1.54) is 18.1 Å². The second-order valence-electron chi connectivity index (χ2n) is 5.79. The highest BCUT2D eigenvalue weighted by atomic mass is 35.5. The first-order valence-corrected chi connectivity index (χ1v) is 8.43. The third kappa shape index (κ3) is 5.06. The van der Waals surface area contributed by atoms with Gasteiger partial charge in [0.2, 0.25) is 11.8 Å². The number of hydrogen-bond acceptors (Lipinski definition) is 4. The van der Waals surface area contributed by atoms with Crippen molar-refractivity contribution in [3.05, 3.63) is 35.4 Å². The van der Waals surface area contributed by atoms with Crippen LogP contribution < -0.4 is 10.1 Å². The van der Waals surface area contributed by atoms with E-state index in [9.17, 15) is 22.8 Å². The van der Waals surface area contributed by atoms with Gasteiger partial charge in [0, 0.05) is 32.2 Å². The Morgan fingerprint density at radius 2 is 1.85 bits per heavy atom. The number of amides is 2. The molecule has 0 atom stereocenters. The van der Waals surface area contributed by atoms with Crippen LogP contribution in [0.5, 0.6) is 5.75 Å². The molecule has 1 aliphatic heterocycles. The Morgan fingerprint density at radius 1 is 1.26 bits per heavy atom. The molecule has 1 saturated heterocycles. The Bertz CT molecular complexity index is 732. The van der Waals surface area contributed by atoms with Gasteiger partial charge in [0.15, 0.2) is 0 Å². The van der Waals surface area contributed by atoms with Crippen LogP contribution >= 0.6 is 11.6 Å². The van der Waals surface area contributed by atoms with Crippen LogP contribution in [0.4, 0.5) is 18.9 Å². The number of carbonyl (C=O) groups excluding carboxylic acids is 2. The number of hydrogen-bond donors (Lipinski definition) is 1. The van der Waals surface area contributed by atoms with Crippen LogP contribution in [0.25, 0.3) is 0 Å². The average Bonchev–Trinajstić information content (AvgIpc) is 2.64. The first kappa shape index (κ1) is 20.9. The van der Waals surface area contributed by atoms with Crippen molar-refractivity contribution < 1.29 is 27.5 Å². The molecule has 1 aromatic rings. The largest absolute Gasteiger partial charge is 0.495 e. The number of methoxy groups -OCH3 is 1. The lowest BCUT2D eigenvalue weighted by atomic mass is 10.1. The second kappa shape index (κ2) is 8.51. The fourth-order valence-corrected chi connectivity index (χ4v) is 2.93. The monoisotopic (exact) mass is 405 g/mol. The summed E-state index contributed by atoms with van der Waals surface area (Å²) in [5.74, 6) is -0.403. The van der Waals surface area contributed by atoms with E-state index in [4.69, 9.17) is 16.3 Å². The molecule has 2 amide bonds. The van der Waals surface area contributed by atoms with E-state index in [2.05, 4.69) is 11.9 Å². The van der Waals surface area contributed by atoms with Gasteiger partial charge in [0.1, 0.15) is 5.75 Å². The maximum Gasteiger partial charge on any atom is 0.417 e. The molecule has 6 nitrogen and oxygen atoms in total. The summed E-state index contributed by atoms with van der Waals surface area (Å²) in [7, 11) is 1.29. The number of benzene rings is 1. The Morgan fingerprint density at radius 3 is 2.37 bits per heavy atom. The van der Waals surface area contributed by atoms with E-state index in [1.54, 1.807) is 4.90 Å². The van der Waals surface area contributed by atoms with Crippen molar-refractivity contribution >= 4 is 29.1 Å². The van der Waals surface area contributed by atoms with Crippen LogP contribution in [0.3, 0.4) is 0 Å². The maximum absolute atomic E-state index is 13.0. The van der Waals surface area contributed by atoms with Gasteiger partial charge in [-0.05, 0) is 12.1 Å². The molecule has 1 fully saturated rings. The van der Waals surface area contributed by atoms with Crippen molar-refractivity contribution in [2.75, 3.05) is 45.2 Å². The molecule has 0 radical (unpaired) electrons. The molecule has 0 unspecified atom stereocenters. The van der Waals surface area contributed by atoms with Crippen molar-refractivity contribution in [1.29, 1.82) is 0 Å². The minimum atomic E-state index is -4.63. The standard InChI is InChI=1S/C17H19ClF3N3O3/c1-3-15(25)23-4-6-24(7-5-23)16(26)10-22-13-8-11(17(19,20)21)12(18)9-14(13)27-2/h3,8-9,22H,1,4-7,10H2,2H3. The highest BCUT2D eigenvalue weighted by Gasteiger charge is 2.34. The number of carbonyl (C=O) groups is 2. The number of rotatable bonds is 5. The van der Waals surface area contributed by atoms with Gasteiger partial charge in [-0.15, -0.1) is 0 Å². The molecule has 148 valence electrons. The molecular formula is C17H19ClF3N3O3. The molecule has 1 heterocycles. The third-order valence-electron chi connectivity index (χ3n) is 4.14. The van der Waals surface area contributed by atoms with Crippen LogP contribution in [-0.4, -0.2) is 61.4 Å². The van der Waals surface area contributed by atoms with E-state index in [-0.39, 0.29) is 29.8 Å². The summed E-state index contributed by atoms with van der Waals surface area (Å²) in [4.78, 5) is 27.0. The molecule has 1 aliphatic rings. The van der Waals surface area contributed by atoms with Crippen molar-refractivity contribution in [2.45, 2.75) is 6.18 Å². The lowest BCUT2D eigenvalue weighted by Gasteiger charge is -2.34. The van der Waals surface area contributed by atoms with Crippen LogP contribution in [0.15, 0.2) is 24.8 Å². The minimum Gasteiger partial charge on any atom is -0.495 e. The van der Waals surface area contributed by atoms with E-state index in [1.807, 2.05) is 0 Å². The van der Waals surface area contributed by atoms with Gasteiger partial charge in [-0.1, -0.05) is 18.2 Å². The zero-order chi connectivity index (χ0) is 20.2. The summed E-state index contributed by atoms with van der Waals surface area (Å²) < 4.78 is 44.1. The summed E-state index contributed by atoms with van der Waals surface area (Å²) in [5.41, 5.74) is -1.00. The lowest BCUT2D eigenvalue weighted by Crippen LogP contribution is -2.51. The summed E-state index contributed by atoms with van der Waals surface area (Å²) in [6, 6.07) is 1.87. The summed E-state index contributed by atoms with van der Waals surface area (Å²) in [5, 5.41) is 2.19. The number of nitrogens with one attached hydrogen (secondary N) is 1. The van der Waals surface area contributed by atoms with Crippen molar-refractivity contribution in [3.8, 4) is 5.75 Å². The van der Waals surface area contributed by atoms with Crippen molar-refractivity contribution in [3.63, 3.8) is 0 Å². The molecule has 0 aromatic heterocycles. The summed E-state index contributed by atoms with van der Waals surface area (Å²) in [6.07, 6.45) is -3.41. The maximum atomic E-state index is 13.0. The molecule has 0 spiro atoms. The Labute approximate surface area is 159 Å². The predicted molar refractivity (Wildman–Crippen MR) is 94.9 cm³/mol. The first-order chi connectivity index (χ1) is 12.7. The molecule has 10 heteroatoms. The van der Waals surface area contributed by atoms with Crippen LogP contribution in [-0.2, 0) is 15.8 Å². The molecule has 0 bridgehead atoms. The normalized spacial score (nSPS) is 14.7. The molecular weight excluding hydrogens is 387 g/mol. The SMILES string of the molecule is C=CC(=O)N1CCN(C(=O)CNc2cc(C(F)(F)F)c(Cl)cc2OC)CC1. The highest BCUT2D eigenvalue weighted by Crippen LogP contribution is 2.40. The molecule has 1 aromatic carbocycles. The number of piperazine rings is 1. The fraction of sp³-hybridized carbons (Fsp3) is 0.412. The topological polar surface area (TPSA) is 61.9 Å². The van der Waals surface area contributed by atoms with E-state index in [0.29, 0.717) is 26.2 Å². The number of anilines is 1. The Balaban J connectivity index is 2.03. The van der Waals surface area contributed by atoms with Crippen LogP contribution in [0.2, 0.25) is 5.02 Å².